The average Bonchev–Trinajstić information content (AvgIpc) is 2.98. The molecule has 1 fully saturated rings. The molecule has 1 amide bonds. The third-order valence-electron chi connectivity index (χ3n) is 4.16. The van der Waals surface area contributed by atoms with Crippen molar-refractivity contribution in [2.45, 2.75) is 38.5 Å². The fourth-order valence-electron chi connectivity index (χ4n) is 2.50. The van der Waals surface area contributed by atoms with Gasteiger partial charge in [-0.15, -0.1) is 11.3 Å². The lowest BCUT2D eigenvalue weighted by atomic mass is 10.0. The van der Waals surface area contributed by atoms with Crippen molar-refractivity contribution in [3.05, 3.63) is 40.8 Å². The molecule has 124 valence electrons. The minimum Gasteiger partial charge on any atom is -0.309 e. The molecule has 0 saturated heterocycles. The molecule has 0 aromatic carbocycles. The summed E-state index contributed by atoms with van der Waals surface area (Å²) in [4.78, 5) is 16.8. The molecule has 4 rings (SSSR count). The van der Waals surface area contributed by atoms with Crippen LogP contribution < -0.4 is 5.32 Å². The number of H-pyrrole nitrogens is 1. The number of nitrogens with one attached hydrogen (secondary N) is 2. The van der Waals surface area contributed by atoms with Crippen molar-refractivity contribution in [3.63, 3.8) is 0 Å². The summed E-state index contributed by atoms with van der Waals surface area (Å²) in [5, 5.41) is 17.1. The molecule has 8 heteroatoms. The number of hydrogen-bond acceptors (Lipinski definition) is 5. The molecule has 0 bridgehead atoms. The van der Waals surface area contributed by atoms with Crippen LogP contribution in [0.2, 0.25) is 0 Å². The van der Waals surface area contributed by atoms with E-state index < -0.39 is 0 Å². The van der Waals surface area contributed by atoms with Gasteiger partial charge in [0, 0.05) is 34.8 Å². The van der Waals surface area contributed by atoms with Crippen molar-refractivity contribution in [2.75, 3.05) is 5.32 Å². The highest BCUT2D eigenvalue weighted by atomic mass is 32.1. The maximum Gasteiger partial charge on any atom is 0.232 e. The number of thiazole rings is 1. The van der Waals surface area contributed by atoms with Crippen molar-refractivity contribution in [3.8, 4) is 5.13 Å². The summed E-state index contributed by atoms with van der Waals surface area (Å²) in [5.74, 6) is 0.747. The first-order valence-electron chi connectivity index (χ1n) is 7.93. The molecule has 0 unspecified atom stereocenters. The number of nitrogens with zero attached hydrogens (tertiary/aromatic N) is 4. The van der Waals surface area contributed by atoms with E-state index in [9.17, 15) is 4.79 Å². The van der Waals surface area contributed by atoms with E-state index in [1.165, 1.54) is 24.2 Å². The van der Waals surface area contributed by atoms with Crippen molar-refractivity contribution in [1.29, 1.82) is 0 Å². The van der Waals surface area contributed by atoms with Gasteiger partial charge in [0.1, 0.15) is 0 Å². The molecule has 0 radical (unpaired) electrons. The molecule has 3 aromatic heterocycles. The van der Waals surface area contributed by atoms with Gasteiger partial charge in [-0.1, -0.05) is 0 Å². The molecule has 0 spiro atoms. The molecule has 1 atom stereocenters. The van der Waals surface area contributed by atoms with Gasteiger partial charge in [-0.3, -0.25) is 9.89 Å². The quantitative estimate of drug-likeness (QED) is 0.746. The van der Waals surface area contributed by atoms with Crippen molar-refractivity contribution >= 4 is 23.1 Å². The Morgan fingerprint density at radius 2 is 2.33 bits per heavy atom. The lowest BCUT2D eigenvalue weighted by molar-refractivity contribution is -0.117. The van der Waals surface area contributed by atoms with Crippen molar-refractivity contribution in [2.24, 2.45) is 0 Å². The highest BCUT2D eigenvalue weighted by Crippen LogP contribution is 2.39. The van der Waals surface area contributed by atoms with Gasteiger partial charge in [0.05, 0.1) is 17.8 Å². The summed E-state index contributed by atoms with van der Waals surface area (Å²) in [5.41, 5.74) is 2.91. The molecule has 0 aliphatic heterocycles. The molecule has 3 aromatic rings. The summed E-state index contributed by atoms with van der Waals surface area (Å²) in [6, 6.07) is 1.92. The monoisotopic (exact) mass is 342 g/mol. The second kappa shape index (κ2) is 5.86. The first-order chi connectivity index (χ1) is 11.6. The van der Waals surface area contributed by atoms with Crippen LogP contribution in [0.15, 0.2) is 23.8 Å². The first-order valence-corrected chi connectivity index (χ1v) is 8.81. The fourth-order valence-corrected chi connectivity index (χ4v) is 3.23. The van der Waals surface area contributed by atoms with Crippen LogP contribution in [0, 0.1) is 6.92 Å². The Bertz CT molecular complexity index is 875. The summed E-state index contributed by atoms with van der Waals surface area (Å²) in [6.45, 7) is 3.80. The topological polar surface area (TPSA) is 88.5 Å². The number of carbonyl (C=O) groups is 1. The molecule has 1 aliphatic carbocycles. The van der Waals surface area contributed by atoms with Crippen LogP contribution in [0.4, 0.5) is 5.82 Å². The third-order valence-corrected chi connectivity index (χ3v) is 5.11. The second-order valence-electron chi connectivity index (χ2n) is 6.18. The van der Waals surface area contributed by atoms with Crippen LogP contribution in [0.25, 0.3) is 5.13 Å². The standard InChI is InChI=1S/C16H18N6OS/c1-9-8-24-16(18-9)22-7-12(6-17-22)10(2)15(23)19-14-5-13(20-21-14)11-3-4-11/h5-8,10-11H,3-4H2,1-2H3,(H2,19,20,21,23)/t10-/m1/s1. The number of anilines is 1. The van der Waals surface area contributed by atoms with Gasteiger partial charge in [-0.25, -0.2) is 9.67 Å². The predicted octanol–water partition coefficient (Wildman–Crippen LogP) is 2.98. The molecule has 3 heterocycles. The minimum atomic E-state index is -0.319. The average molecular weight is 342 g/mol. The predicted molar refractivity (Wildman–Crippen MR) is 91.6 cm³/mol. The third kappa shape index (κ3) is 2.96. The summed E-state index contributed by atoms with van der Waals surface area (Å²) >= 11 is 1.52. The Hall–Kier alpha value is -2.48. The Labute approximate surface area is 143 Å². The van der Waals surface area contributed by atoms with Crippen LogP contribution in [0.1, 0.15) is 48.6 Å². The largest absolute Gasteiger partial charge is 0.309 e. The van der Waals surface area contributed by atoms with E-state index in [-0.39, 0.29) is 11.8 Å². The highest BCUT2D eigenvalue weighted by molar-refractivity contribution is 7.12. The highest BCUT2D eigenvalue weighted by Gasteiger charge is 2.26. The van der Waals surface area contributed by atoms with E-state index in [0.717, 1.165) is 22.1 Å². The van der Waals surface area contributed by atoms with Gasteiger partial charge in [-0.2, -0.15) is 10.2 Å². The number of amides is 1. The van der Waals surface area contributed by atoms with Gasteiger partial charge in [0.2, 0.25) is 11.0 Å². The molecular weight excluding hydrogens is 324 g/mol. The lowest BCUT2D eigenvalue weighted by Gasteiger charge is -2.08. The minimum absolute atomic E-state index is 0.0984. The van der Waals surface area contributed by atoms with Crippen LogP contribution in [0.3, 0.4) is 0 Å². The number of hydrogen-bond donors (Lipinski definition) is 2. The van der Waals surface area contributed by atoms with Gasteiger partial charge in [0.15, 0.2) is 5.82 Å². The first kappa shape index (κ1) is 15.1. The Morgan fingerprint density at radius 1 is 1.50 bits per heavy atom. The van der Waals surface area contributed by atoms with Gasteiger partial charge >= 0.3 is 0 Å². The van der Waals surface area contributed by atoms with Crippen molar-refractivity contribution < 1.29 is 4.79 Å². The number of aromatic nitrogens is 5. The van der Waals surface area contributed by atoms with Crippen molar-refractivity contribution in [1.82, 2.24) is 25.0 Å². The van der Waals surface area contributed by atoms with E-state index in [4.69, 9.17) is 0 Å². The maximum absolute atomic E-state index is 12.4. The van der Waals surface area contributed by atoms with Crippen LogP contribution in [-0.2, 0) is 4.79 Å². The molecule has 7 nitrogen and oxygen atoms in total. The zero-order chi connectivity index (χ0) is 16.7. The van der Waals surface area contributed by atoms with Crippen LogP contribution >= 0.6 is 11.3 Å². The Balaban J connectivity index is 1.45. The smallest absolute Gasteiger partial charge is 0.232 e. The summed E-state index contributed by atoms with van der Waals surface area (Å²) in [6.07, 6.45) is 5.95. The maximum atomic E-state index is 12.4. The molecular formula is C16H18N6OS. The SMILES string of the molecule is Cc1csc(-n2cc([C@@H](C)C(=O)Nc3cc(C4CC4)[nH]n3)cn2)n1. The molecule has 24 heavy (non-hydrogen) atoms. The van der Waals surface area contributed by atoms with Gasteiger partial charge < -0.3 is 5.32 Å². The Morgan fingerprint density at radius 3 is 3.04 bits per heavy atom. The van der Waals surface area contributed by atoms with Gasteiger partial charge in [0.25, 0.3) is 0 Å². The van der Waals surface area contributed by atoms with E-state index in [2.05, 4.69) is 25.6 Å². The molecule has 1 aliphatic rings. The zero-order valence-corrected chi connectivity index (χ0v) is 14.3. The number of carbonyl (C=O) groups excluding carboxylic acids is 1. The summed E-state index contributed by atoms with van der Waals surface area (Å²) < 4.78 is 1.70. The fraction of sp³-hybridized carbons (Fsp3) is 0.375. The number of aromatic amines is 1. The molecule has 1 saturated carbocycles. The van der Waals surface area contributed by atoms with Crippen LogP contribution in [0.5, 0.6) is 0 Å². The lowest BCUT2D eigenvalue weighted by Crippen LogP contribution is -2.18. The summed E-state index contributed by atoms with van der Waals surface area (Å²) in [7, 11) is 0. The zero-order valence-electron chi connectivity index (χ0n) is 13.5. The Kier molecular flexibility index (Phi) is 3.68. The van der Waals surface area contributed by atoms with E-state index in [1.807, 2.05) is 31.5 Å². The van der Waals surface area contributed by atoms with Gasteiger partial charge in [-0.05, 0) is 26.7 Å². The van der Waals surface area contributed by atoms with E-state index >= 15 is 0 Å². The normalized spacial score (nSPS) is 15.4. The number of rotatable bonds is 5. The number of aryl methyl sites for hydroxylation is 1. The van der Waals surface area contributed by atoms with E-state index in [0.29, 0.717) is 11.7 Å². The van der Waals surface area contributed by atoms with Crippen LogP contribution in [-0.4, -0.2) is 30.9 Å². The van der Waals surface area contributed by atoms with E-state index in [1.54, 1.807) is 10.9 Å². The second-order valence-corrected chi connectivity index (χ2v) is 7.02. The molecule has 2 N–H and O–H groups in total.